The van der Waals surface area contributed by atoms with Gasteiger partial charge in [-0.15, -0.1) is 0 Å². The van der Waals surface area contributed by atoms with Crippen LogP contribution in [-0.2, 0) is 11.2 Å². The fourth-order valence-corrected chi connectivity index (χ4v) is 2.25. The Kier molecular flexibility index (Phi) is 2.35. The van der Waals surface area contributed by atoms with Gasteiger partial charge in [0.2, 0.25) is 5.91 Å². The summed E-state index contributed by atoms with van der Waals surface area (Å²) in [5.74, 6) is -0.0223. The van der Waals surface area contributed by atoms with Crippen molar-refractivity contribution in [3.8, 4) is 17.2 Å². The van der Waals surface area contributed by atoms with E-state index in [4.69, 9.17) is 5.26 Å². The molecule has 1 N–H and O–H groups in total. The molecular formula is C15H10N2O. The zero-order valence-corrected chi connectivity index (χ0v) is 9.60. The van der Waals surface area contributed by atoms with Gasteiger partial charge in [-0.05, 0) is 29.3 Å². The molecule has 0 fully saturated rings. The van der Waals surface area contributed by atoms with Crippen molar-refractivity contribution in [3.05, 3.63) is 53.6 Å². The van der Waals surface area contributed by atoms with Crippen molar-refractivity contribution in [1.82, 2.24) is 0 Å². The lowest BCUT2D eigenvalue weighted by molar-refractivity contribution is -0.115. The van der Waals surface area contributed by atoms with Crippen LogP contribution in [-0.4, -0.2) is 5.91 Å². The summed E-state index contributed by atoms with van der Waals surface area (Å²) in [6.07, 6.45) is 0.368. The van der Waals surface area contributed by atoms with Crippen molar-refractivity contribution >= 4 is 11.6 Å². The number of carbonyl (C=O) groups is 1. The number of carbonyl (C=O) groups excluding carboxylic acids is 1. The number of rotatable bonds is 0. The van der Waals surface area contributed by atoms with Gasteiger partial charge in [0.05, 0.1) is 18.1 Å². The maximum absolute atomic E-state index is 11.8. The predicted octanol–water partition coefficient (Wildman–Crippen LogP) is 2.72. The molecule has 3 nitrogen and oxygen atoms in total. The number of amides is 1. The van der Waals surface area contributed by atoms with Crippen molar-refractivity contribution in [2.24, 2.45) is 0 Å². The normalized spacial score (nSPS) is 12.7. The van der Waals surface area contributed by atoms with E-state index in [1.807, 2.05) is 30.3 Å². The van der Waals surface area contributed by atoms with Crippen LogP contribution in [0.2, 0.25) is 0 Å². The zero-order valence-electron chi connectivity index (χ0n) is 9.60. The Morgan fingerprint density at radius 2 is 1.94 bits per heavy atom. The first-order valence-electron chi connectivity index (χ1n) is 5.70. The lowest BCUT2D eigenvalue weighted by atomic mass is 9.96. The number of nitrogens with one attached hydrogen (secondary N) is 1. The molecule has 2 aromatic rings. The number of nitrogens with zero attached hydrogens (tertiary/aromatic N) is 1. The van der Waals surface area contributed by atoms with E-state index in [0.29, 0.717) is 12.0 Å². The SMILES string of the molecule is N#Cc1ccc2c(c1)-c1ccccc1CC(=O)N2. The van der Waals surface area contributed by atoms with Crippen LogP contribution in [0.3, 0.4) is 0 Å². The summed E-state index contributed by atoms with van der Waals surface area (Å²) in [4.78, 5) is 11.8. The maximum atomic E-state index is 11.8. The Bertz CT molecular complexity index is 683. The summed E-state index contributed by atoms with van der Waals surface area (Å²) in [6, 6.07) is 15.2. The Hall–Kier alpha value is -2.60. The number of fused-ring (bicyclic) bond motifs is 3. The third-order valence-electron chi connectivity index (χ3n) is 3.08. The smallest absolute Gasteiger partial charge is 0.228 e. The molecule has 0 unspecified atom stereocenters. The van der Waals surface area contributed by atoms with Crippen LogP contribution in [0.15, 0.2) is 42.5 Å². The van der Waals surface area contributed by atoms with E-state index < -0.39 is 0 Å². The molecule has 1 amide bonds. The third-order valence-corrected chi connectivity index (χ3v) is 3.08. The molecule has 18 heavy (non-hydrogen) atoms. The van der Waals surface area contributed by atoms with Crippen LogP contribution in [0.4, 0.5) is 5.69 Å². The molecule has 0 aromatic heterocycles. The van der Waals surface area contributed by atoms with Crippen LogP contribution in [0, 0.1) is 11.3 Å². The second-order valence-electron chi connectivity index (χ2n) is 4.25. The summed E-state index contributed by atoms with van der Waals surface area (Å²) in [6.45, 7) is 0. The Morgan fingerprint density at radius 3 is 2.78 bits per heavy atom. The van der Waals surface area contributed by atoms with Crippen LogP contribution < -0.4 is 5.32 Å². The van der Waals surface area contributed by atoms with Gasteiger partial charge in [0.1, 0.15) is 0 Å². The largest absolute Gasteiger partial charge is 0.325 e. The maximum Gasteiger partial charge on any atom is 0.228 e. The van der Waals surface area contributed by atoms with Crippen LogP contribution in [0.25, 0.3) is 11.1 Å². The third kappa shape index (κ3) is 1.64. The van der Waals surface area contributed by atoms with Crippen LogP contribution in [0.1, 0.15) is 11.1 Å². The summed E-state index contributed by atoms with van der Waals surface area (Å²) in [5.41, 5.74) is 4.28. The molecule has 1 heterocycles. The van der Waals surface area contributed by atoms with Crippen molar-refractivity contribution < 1.29 is 4.79 Å². The molecule has 2 aromatic carbocycles. The molecule has 3 heteroatoms. The molecule has 0 bridgehead atoms. The van der Waals surface area contributed by atoms with Crippen molar-refractivity contribution in [3.63, 3.8) is 0 Å². The molecule has 3 rings (SSSR count). The second-order valence-corrected chi connectivity index (χ2v) is 4.25. The highest BCUT2D eigenvalue weighted by Crippen LogP contribution is 2.34. The van der Waals surface area contributed by atoms with E-state index in [1.54, 1.807) is 12.1 Å². The van der Waals surface area contributed by atoms with E-state index in [1.165, 1.54) is 0 Å². The molecule has 86 valence electrons. The Morgan fingerprint density at radius 1 is 1.11 bits per heavy atom. The summed E-state index contributed by atoms with van der Waals surface area (Å²) >= 11 is 0. The fraction of sp³-hybridized carbons (Fsp3) is 0.0667. The first kappa shape index (κ1) is 10.5. The lowest BCUT2D eigenvalue weighted by Gasteiger charge is -2.08. The van der Waals surface area contributed by atoms with Crippen LogP contribution >= 0.6 is 0 Å². The average Bonchev–Trinajstić information content (AvgIpc) is 2.53. The minimum Gasteiger partial charge on any atom is -0.325 e. The molecule has 1 aliphatic rings. The van der Waals surface area contributed by atoms with Gasteiger partial charge in [0, 0.05) is 11.3 Å². The van der Waals surface area contributed by atoms with Crippen molar-refractivity contribution in [2.45, 2.75) is 6.42 Å². The standard InChI is InChI=1S/C15H10N2O/c16-9-10-5-6-14-13(7-10)12-4-2-1-3-11(12)8-15(18)17-14/h1-7H,8H2,(H,17,18). The molecule has 1 aliphatic heterocycles. The van der Waals surface area contributed by atoms with E-state index in [-0.39, 0.29) is 5.91 Å². The average molecular weight is 234 g/mol. The molecule has 0 atom stereocenters. The van der Waals surface area contributed by atoms with Gasteiger partial charge >= 0.3 is 0 Å². The minimum atomic E-state index is -0.0223. The van der Waals surface area contributed by atoms with Gasteiger partial charge in [-0.2, -0.15) is 5.26 Å². The summed E-state index contributed by atoms with van der Waals surface area (Å²) in [7, 11) is 0. The zero-order chi connectivity index (χ0) is 12.5. The Labute approximate surface area is 105 Å². The topological polar surface area (TPSA) is 52.9 Å². The number of anilines is 1. The monoisotopic (exact) mass is 234 g/mol. The summed E-state index contributed by atoms with van der Waals surface area (Å²) < 4.78 is 0. The van der Waals surface area contributed by atoms with E-state index in [0.717, 1.165) is 22.4 Å². The predicted molar refractivity (Wildman–Crippen MR) is 68.9 cm³/mol. The molecule has 0 saturated heterocycles. The highest BCUT2D eigenvalue weighted by molar-refractivity contribution is 6.00. The minimum absolute atomic E-state index is 0.0223. The number of hydrogen-bond donors (Lipinski definition) is 1. The number of benzene rings is 2. The first-order valence-corrected chi connectivity index (χ1v) is 5.70. The molecule has 0 saturated carbocycles. The van der Waals surface area contributed by atoms with Crippen molar-refractivity contribution in [2.75, 3.05) is 5.32 Å². The van der Waals surface area contributed by atoms with Gasteiger partial charge in [0.25, 0.3) is 0 Å². The fourth-order valence-electron chi connectivity index (χ4n) is 2.25. The van der Waals surface area contributed by atoms with Crippen LogP contribution in [0.5, 0.6) is 0 Å². The van der Waals surface area contributed by atoms with Gasteiger partial charge in [-0.1, -0.05) is 24.3 Å². The lowest BCUT2D eigenvalue weighted by Crippen LogP contribution is -2.12. The van der Waals surface area contributed by atoms with Gasteiger partial charge < -0.3 is 5.32 Å². The van der Waals surface area contributed by atoms with Gasteiger partial charge in [-0.3, -0.25) is 4.79 Å². The van der Waals surface area contributed by atoms with Gasteiger partial charge in [0.15, 0.2) is 0 Å². The molecular weight excluding hydrogens is 224 g/mol. The summed E-state index contributed by atoms with van der Waals surface area (Å²) in [5, 5.41) is 11.8. The molecule has 0 spiro atoms. The van der Waals surface area contributed by atoms with E-state index >= 15 is 0 Å². The van der Waals surface area contributed by atoms with Crippen molar-refractivity contribution in [1.29, 1.82) is 5.26 Å². The van der Waals surface area contributed by atoms with E-state index in [2.05, 4.69) is 11.4 Å². The number of hydrogen-bond acceptors (Lipinski definition) is 2. The van der Waals surface area contributed by atoms with Gasteiger partial charge in [-0.25, -0.2) is 0 Å². The Balaban J connectivity index is 2.30. The highest BCUT2D eigenvalue weighted by Gasteiger charge is 2.18. The second kappa shape index (κ2) is 4.01. The molecule has 0 radical (unpaired) electrons. The van der Waals surface area contributed by atoms with E-state index in [9.17, 15) is 4.79 Å². The highest BCUT2D eigenvalue weighted by atomic mass is 16.1. The first-order chi connectivity index (χ1) is 8.78. The number of nitriles is 1. The molecule has 0 aliphatic carbocycles. The quantitative estimate of drug-likeness (QED) is 0.762.